The SMILES string of the molecule is O=C(/C=C/c1ccc([N+](=O)[O-])cc1)Nc1ccc(N2CCN(C(=O)Cc3ccc(F)cc3)CC2)cc1. The zero-order valence-electron chi connectivity index (χ0n) is 19.5. The van der Waals surface area contributed by atoms with Crippen LogP contribution < -0.4 is 10.2 Å². The molecule has 1 heterocycles. The van der Waals surface area contributed by atoms with Crippen molar-refractivity contribution in [3.63, 3.8) is 0 Å². The minimum absolute atomic E-state index is 0.00491. The van der Waals surface area contributed by atoms with Crippen LogP contribution in [0, 0.1) is 15.9 Å². The quantitative estimate of drug-likeness (QED) is 0.304. The third kappa shape index (κ3) is 6.53. The van der Waals surface area contributed by atoms with Crippen LogP contribution in [0.4, 0.5) is 21.5 Å². The maximum Gasteiger partial charge on any atom is 0.269 e. The zero-order chi connectivity index (χ0) is 25.5. The second-order valence-corrected chi connectivity index (χ2v) is 8.39. The zero-order valence-corrected chi connectivity index (χ0v) is 19.5. The number of nitro groups is 1. The van der Waals surface area contributed by atoms with Crippen LogP contribution in [0.25, 0.3) is 6.08 Å². The number of anilines is 2. The van der Waals surface area contributed by atoms with E-state index in [4.69, 9.17) is 0 Å². The molecule has 9 heteroatoms. The van der Waals surface area contributed by atoms with Crippen LogP contribution in [-0.2, 0) is 16.0 Å². The molecule has 0 unspecified atom stereocenters. The van der Waals surface area contributed by atoms with Crippen molar-refractivity contribution in [2.24, 2.45) is 0 Å². The number of nitrogens with zero attached hydrogens (tertiary/aromatic N) is 3. The van der Waals surface area contributed by atoms with Crippen molar-refractivity contribution >= 4 is 35.0 Å². The molecule has 0 aromatic heterocycles. The van der Waals surface area contributed by atoms with Crippen LogP contribution in [0.2, 0.25) is 0 Å². The predicted molar refractivity (Wildman–Crippen MR) is 136 cm³/mol. The van der Waals surface area contributed by atoms with Gasteiger partial charge in [0.05, 0.1) is 11.3 Å². The Morgan fingerprint density at radius 3 is 2.17 bits per heavy atom. The Kier molecular flexibility index (Phi) is 7.69. The number of carbonyl (C=O) groups excluding carboxylic acids is 2. The van der Waals surface area contributed by atoms with Gasteiger partial charge >= 0.3 is 0 Å². The first-order valence-corrected chi connectivity index (χ1v) is 11.5. The van der Waals surface area contributed by atoms with Gasteiger partial charge in [-0.25, -0.2) is 4.39 Å². The number of piperazine rings is 1. The van der Waals surface area contributed by atoms with Gasteiger partial charge in [-0.15, -0.1) is 0 Å². The number of hydrogen-bond acceptors (Lipinski definition) is 5. The molecule has 3 aromatic rings. The summed E-state index contributed by atoms with van der Waals surface area (Å²) >= 11 is 0. The molecule has 184 valence electrons. The first-order valence-electron chi connectivity index (χ1n) is 11.5. The minimum atomic E-state index is -0.473. The molecule has 2 amide bonds. The lowest BCUT2D eigenvalue weighted by atomic mass is 10.1. The van der Waals surface area contributed by atoms with E-state index in [1.165, 1.54) is 30.3 Å². The topological polar surface area (TPSA) is 95.8 Å². The van der Waals surface area contributed by atoms with Crippen molar-refractivity contribution in [3.05, 3.63) is 106 Å². The van der Waals surface area contributed by atoms with E-state index in [1.807, 2.05) is 29.2 Å². The Bertz CT molecular complexity index is 1250. The van der Waals surface area contributed by atoms with E-state index in [-0.39, 0.29) is 29.7 Å². The number of rotatable bonds is 7. The van der Waals surface area contributed by atoms with Crippen LogP contribution in [0.3, 0.4) is 0 Å². The molecule has 4 rings (SSSR count). The molecular weight excluding hydrogens is 463 g/mol. The van der Waals surface area contributed by atoms with Gasteiger partial charge in [-0.3, -0.25) is 19.7 Å². The number of amides is 2. The molecule has 3 aromatic carbocycles. The Morgan fingerprint density at radius 1 is 0.917 bits per heavy atom. The minimum Gasteiger partial charge on any atom is -0.368 e. The van der Waals surface area contributed by atoms with Gasteiger partial charge < -0.3 is 15.1 Å². The first kappa shape index (κ1) is 24.6. The third-order valence-electron chi connectivity index (χ3n) is 5.93. The maximum atomic E-state index is 13.1. The molecular formula is C27H25FN4O4. The number of hydrogen-bond donors (Lipinski definition) is 1. The van der Waals surface area contributed by atoms with Crippen LogP contribution in [-0.4, -0.2) is 47.8 Å². The summed E-state index contributed by atoms with van der Waals surface area (Å²) in [5.41, 5.74) is 3.12. The van der Waals surface area contributed by atoms with Gasteiger partial charge in [0.1, 0.15) is 5.82 Å². The number of non-ortho nitro benzene ring substituents is 1. The molecule has 0 saturated carbocycles. The van der Waals surface area contributed by atoms with E-state index >= 15 is 0 Å². The summed E-state index contributed by atoms with van der Waals surface area (Å²) in [6.45, 7) is 2.59. The fraction of sp³-hybridized carbons (Fsp3) is 0.185. The smallest absolute Gasteiger partial charge is 0.269 e. The number of nitrogens with one attached hydrogen (secondary N) is 1. The normalized spacial score (nSPS) is 13.6. The third-order valence-corrected chi connectivity index (χ3v) is 5.93. The number of halogens is 1. The van der Waals surface area contributed by atoms with Crippen molar-refractivity contribution in [1.82, 2.24) is 4.90 Å². The van der Waals surface area contributed by atoms with E-state index in [0.29, 0.717) is 37.4 Å². The fourth-order valence-corrected chi connectivity index (χ4v) is 3.92. The lowest BCUT2D eigenvalue weighted by molar-refractivity contribution is -0.384. The largest absolute Gasteiger partial charge is 0.368 e. The Labute approximate surface area is 207 Å². The standard InChI is InChI=1S/C27H25FN4O4/c28-22-6-1-21(2-7-22)19-27(34)31-17-15-30(16-18-31)24-12-8-23(9-13-24)29-26(33)14-5-20-3-10-25(11-4-20)32(35)36/h1-14H,15-19H2,(H,29,33)/b14-5+. The second kappa shape index (κ2) is 11.3. The molecule has 0 bridgehead atoms. The highest BCUT2D eigenvalue weighted by Crippen LogP contribution is 2.20. The monoisotopic (exact) mass is 488 g/mol. The molecule has 1 saturated heterocycles. The van der Waals surface area contributed by atoms with E-state index < -0.39 is 4.92 Å². The average molecular weight is 489 g/mol. The lowest BCUT2D eigenvalue weighted by Gasteiger charge is -2.36. The van der Waals surface area contributed by atoms with Crippen molar-refractivity contribution in [2.75, 3.05) is 36.4 Å². The summed E-state index contributed by atoms with van der Waals surface area (Å²) in [4.78, 5) is 39.0. The van der Waals surface area contributed by atoms with E-state index in [2.05, 4.69) is 10.2 Å². The Hall–Kier alpha value is -4.53. The van der Waals surface area contributed by atoms with Crippen molar-refractivity contribution in [3.8, 4) is 0 Å². The predicted octanol–water partition coefficient (Wildman–Crippen LogP) is 4.28. The van der Waals surface area contributed by atoms with Crippen LogP contribution in [0.15, 0.2) is 78.9 Å². The molecule has 0 radical (unpaired) electrons. The molecule has 8 nitrogen and oxygen atoms in total. The summed E-state index contributed by atoms with van der Waals surface area (Å²) in [6.07, 6.45) is 3.22. The van der Waals surface area contributed by atoms with Gasteiger partial charge in [0.2, 0.25) is 11.8 Å². The first-order chi connectivity index (χ1) is 17.4. The van der Waals surface area contributed by atoms with Crippen LogP contribution in [0.1, 0.15) is 11.1 Å². The number of nitro benzene ring substituents is 1. The van der Waals surface area contributed by atoms with Gasteiger partial charge in [-0.1, -0.05) is 12.1 Å². The van der Waals surface area contributed by atoms with Gasteiger partial charge in [0.15, 0.2) is 0 Å². The highest BCUT2D eigenvalue weighted by atomic mass is 19.1. The Balaban J connectivity index is 1.25. The highest BCUT2D eigenvalue weighted by molar-refractivity contribution is 6.02. The summed E-state index contributed by atoms with van der Waals surface area (Å²) in [5, 5.41) is 13.5. The van der Waals surface area contributed by atoms with Crippen LogP contribution >= 0.6 is 0 Å². The second-order valence-electron chi connectivity index (χ2n) is 8.39. The maximum absolute atomic E-state index is 13.1. The number of carbonyl (C=O) groups is 2. The summed E-state index contributed by atoms with van der Waals surface area (Å²) in [7, 11) is 0. The molecule has 0 aliphatic carbocycles. The van der Waals surface area contributed by atoms with Crippen molar-refractivity contribution in [2.45, 2.75) is 6.42 Å². The highest BCUT2D eigenvalue weighted by Gasteiger charge is 2.21. The average Bonchev–Trinajstić information content (AvgIpc) is 2.89. The van der Waals surface area contributed by atoms with Gasteiger partial charge in [-0.2, -0.15) is 0 Å². The Morgan fingerprint density at radius 2 is 1.56 bits per heavy atom. The molecule has 0 atom stereocenters. The molecule has 36 heavy (non-hydrogen) atoms. The summed E-state index contributed by atoms with van der Waals surface area (Å²) in [5.74, 6) is -0.598. The molecule has 0 spiro atoms. The van der Waals surface area contributed by atoms with Crippen molar-refractivity contribution in [1.29, 1.82) is 0 Å². The molecule has 1 aliphatic heterocycles. The molecule has 1 N–H and O–H groups in total. The molecule has 1 aliphatic rings. The lowest BCUT2D eigenvalue weighted by Crippen LogP contribution is -2.49. The fourth-order valence-electron chi connectivity index (χ4n) is 3.92. The van der Waals surface area contributed by atoms with E-state index in [9.17, 15) is 24.1 Å². The van der Waals surface area contributed by atoms with Gasteiger partial charge in [-0.05, 0) is 65.7 Å². The van der Waals surface area contributed by atoms with Crippen LogP contribution in [0.5, 0.6) is 0 Å². The molecule has 1 fully saturated rings. The van der Waals surface area contributed by atoms with Gasteiger partial charge in [0, 0.05) is 55.8 Å². The van der Waals surface area contributed by atoms with E-state index in [1.54, 1.807) is 30.3 Å². The summed E-state index contributed by atoms with van der Waals surface area (Å²) in [6, 6.07) is 19.4. The van der Waals surface area contributed by atoms with E-state index in [0.717, 1.165) is 11.3 Å². The van der Waals surface area contributed by atoms with Gasteiger partial charge in [0.25, 0.3) is 5.69 Å². The number of benzene rings is 3. The summed E-state index contributed by atoms with van der Waals surface area (Å²) < 4.78 is 13.1. The van der Waals surface area contributed by atoms with Crippen molar-refractivity contribution < 1.29 is 18.9 Å².